The van der Waals surface area contributed by atoms with Crippen LogP contribution in [0.1, 0.15) is 18.2 Å². The van der Waals surface area contributed by atoms with E-state index in [1.54, 1.807) is 34.8 Å². The van der Waals surface area contributed by atoms with Gasteiger partial charge in [-0.05, 0) is 26.3 Å². The maximum atomic E-state index is 14.3. The number of nitrogens with one attached hydrogen (secondary N) is 2. The van der Waals surface area contributed by atoms with Gasteiger partial charge in [-0.15, -0.1) is 0 Å². The lowest BCUT2D eigenvalue weighted by atomic mass is 10.1. The SMILES string of the molecule is Cc1cn2cc(NC(=O)N3CCc4c(N5CCN[C@@H](C)C5)ccnc43)cc(F)c2n1. The molecule has 0 aromatic carbocycles. The fourth-order valence-electron chi connectivity index (χ4n) is 4.36. The van der Waals surface area contributed by atoms with Crippen LogP contribution in [0, 0.1) is 12.7 Å². The van der Waals surface area contributed by atoms with E-state index in [1.807, 2.05) is 6.07 Å². The molecule has 5 rings (SSSR count). The second-order valence-corrected chi connectivity index (χ2v) is 7.96. The van der Waals surface area contributed by atoms with Crippen LogP contribution in [0.4, 0.5) is 26.4 Å². The zero-order chi connectivity index (χ0) is 20.8. The second-order valence-electron chi connectivity index (χ2n) is 7.96. The predicted octanol–water partition coefficient (Wildman–Crippen LogP) is 2.57. The minimum atomic E-state index is -0.476. The van der Waals surface area contributed by atoms with Gasteiger partial charge in [-0.1, -0.05) is 0 Å². The van der Waals surface area contributed by atoms with E-state index in [4.69, 9.17) is 0 Å². The summed E-state index contributed by atoms with van der Waals surface area (Å²) in [5, 5.41) is 6.26. The van der Waals surface area contributed by atoms with Crippen molar-refractivity contribution >= 4 is 28.9 Å². The Kier molecular flexibility index (Phi) is 4.54. The van der Waals surface area contributed by atoms with E-state index in [0.29, 0.717) is 29.8 Å². The number of amides is 2. The molecule has 0 bridgehead atoms. The minimum absolute atomic E-state index is 0.244. The molecule has 2 amide bonds. The number of fused-ring (bicyclic) bond motifs is 2. The molecular weight excluding hydrogens is 385 g/mol. The number of anilines is 3. The van der Waals surface area contributed by atoms with Gasteiger partial charge in [0.2, 0.25) is 0 Å². The molecule has 1 fully saturated rings. The Labute approximate surface area is 173 Å². The lowest BCUT2D eigenvalue weighted by molar-refractivity contribution is 0.257. The summed E-state index contributed by atoms with van der Waals surface area (Å²) in [7, 11) is 0. The molecule has 2 N–H and O–H groups in total. The topological polar surface area (TPSA) is 77.8 Å². The third-order valence-corrected chi connectivity index (χ3v) is 5.68. The number of pyridine rings is 2. The molecule has 3 aromatic heterocycles. The van der Waals surface area contributed by atoms with Crippen molar-refractivity contribution in [1.82, 2.24) is 19.7 Å². The summed E-state index contributed by atoms with van der Waals surface area (Å²) in [5.74, 6) is 0.201. The van der Waals surface area contributed by atoms with E-state index in [-0.39, 0.29) is 11.7 Å². The summed E-state index contributed by atoms with van der Waals surface area (Å²) < 4.78 is 15.9. The molecule has 3 aromatic rings. The number of carbonyl (C=O) groups is 1. The molecular formula is C21H24FN7O. The highest BCUT2D eigenvalue weighted by Gasteiger charge is 2.30. The molecule has 8 nitrogen and oxygen atoms in total. The lowest BCUT2D eigenvalue weighted by Crippen LogP contribution is -2.49. The zero-order valence-corrected chi connectivity index (χ0v) is 17.0. The van der Waals surface area contributed by atoms with Crippen LogP contribution in [0.15, 0.2) is 30.7 Å². The van der Waals surface area contributed by atoms with E-state index >= 15 is 0 Å². The molecule has 1 atom stereocenters. The fourth-order valence-corrected chi connectivity index (χ4v) is 4.36. The van der Waals surface area contributed by atoms with E-state index < -0.39 is 5.82 Å². The highest BCUT2D eigenvalue weighted by atomic mass is 19.1. The molecule has 9 heteroatoms. The first-order valence-corrected chi connectivity index (χ1v) is 10.2. The van der Waals surface area contributed by atoms with Crippen molar-refractivity contribution in [2.75, 3.05) is 41.3 Å². The van der Waals surface area contributed by atoms with E-state index in [2.05, 4.69) is 32.4 Å². The van der Waals surface area contributed by atoms with Gasteiger partial charge in [-0.25, -0.2) is 19.2 Å². The number of carbonyl (C=O) groups excluding carboxylic acids is 1. The number of aromatic nitrogens is 3. The highest BCUT2D eigenvalue weighted by Crippen LogP contribution is 2.34. The Balaban J connectivity index is 1.39. The highest BCUT2D eigenvalue weighted by molar-refractivity contribution is 6.03. The number of hydrogen-bond acceptors (Lipinski definition) is 5. The van der Waals surface area contributed by atoms with Crippen LogP contribution in [-0.4, -0.2) is 52.6 Å². The maximum absolute atomic E-state index is 14.3. The van der Waals surface area contributed by atoms with E-state index in [0.717, 1.165) is 37.3 Å². The number of piperazine rings is 1. The summed E-state index contributed by atoms with van der Waals surface area (Å²) in [4.78, 5) is 25.6. The second kappa shape index (κ2) is 7.24. The number of halogens is 1. The van der Waals surface area contributed by atoms with Gasteiger partial charge in [0.05, 0.1) is 11.4 Å². The molecule has 0 unspecified atom stereocenters. The van der Waals surface area contributed by atoms with Crippen LogP contribution in [0.2, 0.25) is 0 Å². The molecule has 5 heterocycles. The quantitative estimate of drug-likeness (QED) is 0.680. The lowest BCUT2D eigenvalue weighted by Gasteiger charge is -2.34. The Morgan fingerprint density at radius 3 is 3.03 bits per heavy atom. The van der Waals surface area contributed by atoms with Crippen LogP contribution in [0.3, 0.4) is 0 Å². The Morgan fingerprint density at radius 1 is 1.33 bits per heavy atom. The van der Waals surface area contributed by atoms with Gasteiger partial charge in [0.25, 0.3) is 0 Å². The summed E-state index contributed by atoms with van der Waals surface area (Å²) >= 11 is 0. The van der Waals surface area contributed by atoms with Crippen molar-refractivity contribution in [1.29, 1.82) is 0 Å². The average molecular weight is 409 g/mol. The van der Waals surface area contributed by atoms with Crippen molar-refractivity contribution < 1.29 is 9.18 Å². The summed E-state index contributed by atoms with van der Waals surface area (Å²) in [6.07, 6.45) is 5.89. The molecule has 0 radical (unpaired) electrons. The fraction of sp³-hybridized carbons (Fsp3) is 0.381. The van der Waals surface area contributed by atoms with Gasteiger partial charge in [-0.3, -0.25) is 4.90 Å². The first-order valence-electron chi connectivity index (χ1n) is 10.2. The molecule has 2 aliphatic heterocycles. The number of hydrogen-bond donors (Lipinski definition) is 2. The molecule has 30 heavy (non-hydrogen) atoms. The summed E-state index contributed by atoms with van der Waals surface area (Å²) in [5.41, 5.74) is 3.57. The number of rotatable bonds is 2. The first-order chi connectivity index (χ1) is 14.5. The smallest absolute Gasteiger partial charge is 0.327 e. The van der Waals surface area contributed by atoms with Crippen molar-refractivity contribution in [3.8, 4) is 0 Å². The Bertz CT molecular complexity index is 1130. The van der Waals surface area contributed by atoms with Crippen molar-refractivity contribution in [3.05, 3.63) is 47.8 Å². The van der Waals surface area contributed by atoms with E-state index in [1.165, 1.54) is 6.07 Å². The average Bonchev–Trinajstić information content (AvgIpc) is 3.31. The largest absolute Gasteiger partial charge is 0.368 e. The molecule has 0 saturated carbocycles. The van der Waals surface area contributed by atoms with Gasteiger partial charge < -0.3 is 19.9 Å². The van der Waals surface area contributed by atoms with Crippen LogP contribution in [0.25, 0.3) is 5.65 Å². The molecule has 1 saturated heterocycles. The van der Waals surface area contributed by atoms with Gasteiger partial charge in [0.1, 0.15) is 5.82 Å². The van der Waals surface area contributed by atoms with Crippen molar-refractivity contribution in [2.45, 2.75) is 26.3 Å². The number of imidazole rings is 1. The zero-order valence-electron chi connectivity index (χ0n) is 17.0. The monoisotopic (exact) mass is 409 g/mol. The molecule has 156 valence electrons. The minimum Gasteiger partial charge on any atom is -0.368 e. The summed E-state index contributed by atoms with van der Waals surface area (Å²) in [6, 6.07) is 3.42. The van der Waals surface area contributed by atoms with Crippen molar-refractivity contribution in [3.63, 3.8) is 0 Å². The normalized spacial score (nSPS) is 18.7. The van der Waals surface area contributed by atoms with Gasteiger partial charge in [0.15, 0.2) is 11.5 Å². The van der Waals surface area contributed by atoms with Crippen LogP contribution in [-0.2, 0) is 6.42 Å². The number of nitrogens with zero attached hydrogens (tertiary/aromatic N) is 5. The van der Waals surface area contributed by atoms with Crippen LogP contribution < -0.4 is 20.4 Å². The number of urea groups is 1. The maximum Gasteiger partial charge on any atom is 0.327 e. The summed E-state index contributed by atoms with van der Waals surface area (Å²) in [6.45, 7) is 7.30. The van der Waals surface area contributed by atoms with E-state index in [9.17, 15) is 9.18 Å². The molecule has 0 aliphatic carbocycles. The third kappa shape index (κ3) is 3.24. The van der Waals surface area contributed by atoms with Crippen LogP contribution in [0.5, 0.6) is 0 Å². The van der Waals surface area contributed by atoms with Gasteiger partial charge in [0, 0.05) is 68.1 Å². The Morgan fingerprint density at radius 2 is 2.20 bits per heavy atom. The van der Waals surface area contributed by atoms with Gasteiger partial charge in [-0.2, -0.15) is 0 Å². The molecule has 0 spiro atoms. The van der Waals surface area contributed by atoms with Gasteiger partial charge >= 0.3 is 6.03 Å². The first kappa shape index (κ1) is 18.8. The predicted molar refractivity (Wildman–Crippen MR) is 114 cm³/mol. The van der Waals surface area contributed by atoms with Crippen molar-refractivity contribution in [2.24, 2.45) is 0 Å². The third-order valence-electron chi connectivity index (χ3n) is 5.68. The standard InChI is InChI=1S/C21H24FN7O/c1-13-10-27(8-6-23-13)18-3-5-24-19-16(18)4-7-29(19)21(30)26-15-9-17(22)20-25-14(2)11-28(20)12-15/h3,5,9,11-13,23H,4,6-8,10H2,1-2H3,(H,26,30)/t13-/m0/s1. The number of aryl methyl sites for hydroxylation is 1. The molecule has 2 aliphatic rings. The van der Waals surface area contributed by atoms with Crippen LogP contribution >= 0.6 is 0 Å². The Hall–Kier alpha value is -3.20.